The van der Waals surface area contributed by atoms with Crippen LogP contribution in [0.3, 0.4) is 0 Å². The third-order valence-corrected chi connectivity index (χ3v) is 4.83. The van der Waals surface area contributed by atoms with Crippen molar-refractivity contribution in [2.75, 3.05) is 32.8 Å². The average Bonchev–Trinajstić information content (AvgIpc) is 3.26. The SMILES string of the molecule is CCNC(=NCC(O)c1ccc(Cl)s1)NCCCOCC1CC1. The maximum Gasteiger partial charge on any atom is 0.191 e. The summed E-state index contributed by atoms with van der Waals surface area (Å²) in [6.45, 7) is 5.60. The van der Waals surface area contributed by atoms with Gasteiger partial charge in [-0.25, -0.2) is 0 Å². The van der Waals surface area contributed by atoms with E-state index in [1.54, 1.807) is 6.07 Å². The van der Waals surface area contributed by atoms with Gasteiger partial charge in [-0.05, 0) is 44.2 Å². The third kappa shape index (κ3) is 7.52. The van der Waals surface area contributed by atoms with E-state index in [2.05, 4.69) is 15.6 Å². The number of hydrogen-bond acceptors (Lipinski definition) is 4. The van der Waals surface area contributed by atoms with E-state index in [4.69, 9.17) is 16.3 Å². The fraction of sp³-hybridized carbons (Fsp3) is 0.688. The van der Waals surface area contributed by atoms with Crippen molar-refractivity contribution in [3.8, 4) is 0 Å². The van der Waals surface area contributed by atoms with Crippen LogP contribution in [0.5, 0.6) is 0 Å². The van der Waals surface area contributed by atoms with Crippen molar-refractivity contribution in [3.05, 3.63) is 21.3 Å². The molecule has 1 aromatic rings. The summed E-state index contributed by atoms with van der Waals surface area (Å²) in [5, 5.41) is 16.6. The number of ether oxygens (including phenoxy) is 1. The molecule has 0 saturated heterocycles. The standard InChI is InChI=1S/C16H26ClN3O2S/c1-2-18-16(19-8-3-9-22-11-12-4-5-12)20-10-13(21)14-6-7-15(17)23-14/h6-7,12-13,21H,2-5,8-11H2,1H3,(H2,18,19,20). The Hall–Kier alpha value is -0.820. The molecule has 0 spiro atoms. The molecule has 0 bridgehead atoms. The molecular formula is C16H26ClN3O2S. The van der Waals surface area contributed by atoms with Crippen LogP contribution in [-0.4, -0.2) is 43.9 Å². The largest absolute Gasteiger partial charge is 0.386 e. The quantitative estimate of drug-likeness (QED) is 0.341. The van der Waals surface area contributed by atoms with Crippen LogP contribution in [-0.2, 0) is 4.74 Å². The Bertz CT molecular complexity index is 491. The zero-order valence-corrected chi connectivity index (χ0v) is 15.1. The smallest absolute Gasteiger partial charge is 0.191 e. The first-order chi connectivity index (χ1) is 11.2. The number of nitrogens with zero attached hydrogens (tertiary/aromatic N) is 1. The highest BCUT2D eigenvalue weighted by molar-refractivity contribution is 7.16. The molecule has 2 rings (SSSR count). The summed E-state index contributed by atoms with van der Waals surface area (Å²) in [4.78, 5) is 5.26. The van der Waals surface area contributed by atoms with Crippen LogP contribution in [0.15, 0.2) is 17.1 Å². The van der Waals surface area contributed by atoms with Crippen LogP contribution < -0.4 is 10.6 Å². The Morgan fingerprint density at radius 3 is 2.96 bits per heavy atom. The van der Waals surface area contributed by atoms with Gasteiger partial charge in [0.1, 0.15) is 6.10 Å². The minimum atomic E-state index is -0.621. The Morgan fingerprint density at radius 2 is 2.30 bits per heavy atom. The predicted octanol–water partition coefficient (Wildman–Crippen LogP) is 2.81. The lowest BCUT2D eigenvalue weighted by Crippen LogP contribution is -2.38. The Kier molecular flexibility index (Phi) is 8.16. The highest BCUT2D eigenvalue weighted by atomic mass is 35.5. The summed E-state index contributed by atoms with van der Waals surface area (Å²) in [5.74, 6) is 1.53. The van der Waals surface area contributed by atoms with Gasteiger partial charge in [-0.15, -0.1) is 11.3 Å². The molecule has 1 aromatic heterocycles. The molecule has 1 unspecified atom stereocenters. The second kappa shape index (κ2) is 10.1. The summed E-state index contributed by atoms with van der Waals surface area (Å²) in [7, 11) is 0. The van der Waals surface area contributed by atoms with Crippen LogP contribution in [0.4, 0.5) is 0 Å². The molecule has 1 heterocycles. The summed E-state index contributed by atoms with van der Waals surface area (Å²) in [6.07, 6.45) is 2.98. The van der Waals surface area contributed by atoms with Crippen molar-refractivity contribution in [2.45, 2.75) is 32.3 Å². The molecule has 0 aliphatic heterocycles. The van der Waals surface area contributed by atoms with Crippen molar-refractivity contribution in [1.82, 2.24) is 10.6 Å². The van der Waals surface area contributed by atoms with Crippen molar-refractivity contribution in [2.24, 2.45) is 10.9 Å². The molecule has 7 heteroatoms. The van der Waals surface area contributed by atoms with Gasteiger partial charge in [0.25, 0.3) is 0 Å². The van der Waals surface area contributed by atoms with Crippen molar-refractivity contribution in [1.29, 1.82) is 0 Å². The van der Waals surface area contributed by atoms with E-state index in [-0.39, 0.29) is 0 Å². The van der Waals surface area contributed by atoms with Gasteiger partial charge >= 0.3 is 0 Å². The molecule has 0 amide bonds. The predicted molar refractivity (Wildman–Crippen MR) is 96.4 cm³/mol. The second-order valence-electron chi connectivity index (χ2n) is 5.68. The molecule has 1 atom stereocenters. The van der Waals surface area contributed by atoms with E-state index in [1.807, 2.05) is 13.0 Å². The summed E-state index contributed by atoms with van der Waals surface area (Å²) in [6, 6.07) is 3.63. The number of thiophene rings is 1. The van der Waals surface area contributed by atoms with Crippen LogP contribution in [0.1, 0.15) is 37.2 Å². The maximum absolute atomic E-state index is 10.1. The average molecular weight is 360 g/mol. The molecule has 1 aliphatic rings. The zero-order valence-electron chi connectivity index (χ0n) is 13.6. The molecule has 1 aliphatic carbocycles. The van der Waals surface area contributed by atoms with E-state index in [0.717, 1.165) is 49.5 Å². The van der Waals surface area contributed by atoms with E-state index in [1.165, 1.54) is 24.2 Å². The van der Waals surface area contributed by atoms with Crippen LogP contribution >= 0.6 is 22.9 Å². The van der Waals surface area contributed by atoms with Gasteiger partial charge in [0.2, 0.25) is 0 Å². The summed E-state index contributed by atoms with van der Waals surface area (Å²) in [5.41, 5.74) is 0. The first-order valence-electron chi connectivity index (χ1n) is 8.22. The monoisotopic (exact) mass is 359 g/mol. The van der Waals surface area contributed by atoms with Gasteiger partial charge in [-0.1, -0.05) is 11.6 Å². The molecular weight excluding hydrogens is 334 g/mol. The normalized spacial score (nSPS) is 16.4. The first-order valence-corrected chi connectivity index (χ1v) is 9.41. The van der Waals surface area contributed by atoms with Crippen molar-refractivity contribution in [3.63, 3.8) is 0 Å². The van der Waals surface area contributed by atoms with Gasteiger partial charge in [-0.3, -0.25) is 4.99 Å². The first kappa shape index (κ1) is 18.5. The minimum Gasteiger partial charge on any atom is -0.386 e. The molecule has 130 valence electrons. The number of guanidine groups is 1. The Labute approximate surface area is 147 Å². The van der Waals surface area contributed by atoms with E-state index in [0.29, 0.717) is 10.9 Å². The molecule has 1 saturated carbocycles. The topological polar surface area (TPSA) is 65.9 Å². The van der Waals surface area contributed by atoms with Gasteiger partial charge in [-0.2, -0.15) is 0 Å². The fourth-order valence-electron chi connectivity index (χ4n) is 2.03. The highest BCUT2D eigenvalue weighted by Gasteiger charge is 2.20. The number of hydrogen-bond donors (Lipinski definition) is 3. The van der Waals surface area contributed by atoms with Gasteiger partial charge in [0.15, 0.2) is 5.96 Å². The lowest BCUT2D eigenvalue weighted by atomic mass is 10.3. The third-order valence-electron chi connectivity index (χ3n) is 3.50. The molecule has 23 heavy (non-hydrogen) atoms. The molecule has 0 radical (unpaired) electrons. The maximum atomic E-state index is 10.1. The van der Waals surface area contributed by atoms with Gasteiger partial charge < -0.3 is 20.5 Å². The van der Waals surface area contributed by atoms with E-state index in [9.17, 15) is 5.11 Å². The molecule has 5 nitrogen and oxygen atoms in total. The molecule has 3 N–H and O–H groups in total. The van der Waals surface area contributed by atoms with Crippen LogP contribution in [0.2, 0.25) is 4.34 Å². The van der Waals surface area contributed by atoms with Crippen LogP contribution in [0, 0.1) is 5.92 Å². The lowest BCUT2D eigenvalue weighted by molar-refractivity contribution is 0.123. The Balaban J connectivity index is 1.66. The van der Waals surface area contributed by atoms with Gasteiger partial charge in [0.05, 0.1) is 10.9 Å². The lowest BCUT2D eigenvalue weighted by Gasteiger charge is -2.12. The summed E-state index contributed by atoms with van der Waals surface area (Å²) < 4.78 is 6.29. The van der Waals surface area contributed by atoms with Crippen LogP contribution in [0.25, 0.3) is 0 Å². The number of aliphatic hydroxyl groups is 1. The fourth-order valence-corrected chi connectivity index (χ4v) is 3.07. The van der Waals surface area contributed by atoms with Crippen molar-refractivity contribution >= 4 is 28.9 Å². The minimum absolute atomic E-state index is 0.310. The van der Waals surface area contributed by atoms with E-state index < -0.39 is 6.10 Å². The Morgan fingerprint density at radius 1 is 1.48 bits per heavy atom. The van der Waals surface area contributed by atoms with Gasteiger partial charge in [0, 0.05) is 31.2 Å². The second-order valence-corrected chi connectivity index (χ2v) is 7.42. The number of aliphatic imine (C=N–C) groups is 1. The van der Waals surface area contributed by atoms with Crippen molar-refractivity contribution < 1.29 is 9.84 Å². The molecule has 0 aromatic carbocycles. The zero-order chi connectivity index (χ0) is 16.5. The molecule has 1 fully saturated rings. The number of halogens is 1. The highest BCUT2D eigenvalue weighted by Crippen LogP contribution is 2.28. The van der Waals surface area contributed by atoms with E-state index >= 15 is 0 Å². The number of nitrogens with one attached hydrogen (secondary N) is 2. The summed E-state index contributed by atoms with van der Waals surface area (Å²) >= 11 is 7.27. The number of rotatable bonds is 10. The number of aliphatic hydroxyl groups excluding tert-OH is 1.